The summed E-state index contributed by atoms with van der Waals surface area (Å²) in [5.41, 5.74) is -4.38. The maximum absolute atomic E-state index is 14.2. The van der Waals surface area contributed by atoms with E-state index in [0.29, 0.717) is 0 Å². The highest BCUT2D eigenvalue weighted by Crippen LogP contribution is 2.50. The van der Waals surface area contributed by atoms with Gasteiger partial charge in [-0.3, -0.25) is 9.69 Å². The van der Waals surface area contributed by atoms with Crippen molar-refractivity contribution in [3.05, 3.63) is 46.6 Å². The van der Waals surface area contributed by atoms with Gasteiger partial charge in [0.05, 0.1) is 35.0 Å². The molecule has 2 aliphatic rings. The molecule has 0 aromatic carbocycles. The summed E-state index contributed by atoms with van der Waals surface area (Å²) in [4.78, 5) is 35.7. The first kappa shape index (κ1) is 25.1. The van der Waals surface area contributed by atoms with Gasteiger partial charge in [0, 0.05) is 25.7 Å². The molecule has 3 aromatic heterocycles. The molecule has 15 heteroatoms. The molecule has 1 saturated carbocycles. The van der Waals surface area contributed by atoms with Crippen molar-refractivity contribution in [1.82, 2.24) is 24.5 Å². The fourth-order valence-electron chi connectivity index (χ4n) is 4.37. The van der Waals surface area contributed by atoms with Crippen LogP contribution < -0.4 is 10.2 Å². The van der Waals surface area contributed by atoms with Gasteiger partial charge in [-0.1, -0.05) is 11.6 Å². The number of rotatable bonds is 4. The van der Waals surface area contributed by atoms with E-state index in [1.807, 2.05) is 0 Å². The Balaban J connectivity index is 1.48. The molecule has 37 heavy (non-hydrogen) atoms. The van der Waals surface area contributed by atoms with Crippen LogP contribution in [0.3, 0.4) is 0 Å². The number of nitrogens with zero attached hydrogens (tertiary/aromatic N) is 6. The lowest BCUT2D eigenvalue weighted by molar-refractivity contribution is -0.181. The summed E-state index contributed by atoms with van der Waals surface area (Å²) < 4.78 is 71.2. The smallest absolute Gasteiger partial charge is 0.337 e. The van der Waals surface area contributed by atoms with E-state index in [0.717, 1.165) is 47.6 Å². The van der Waals surface area contributed by atoms with E-state index in [2.05, 4.69) is 20.4 Å². The Hall–Kier alpha value is -3.55. The van der Waals surface area contributed by atoms with Crippen LogP contribution in [0.5, 0.6) is 0 Å². The Kier molecular flexibility index (Phi) is 5.77. The van der Waals surface area contributed by atoms with Crippen molar-refractivity contribution in [3.63, 3.8) is 0 Å². The molecule has 9 nitrogen and oxygen atoms in total. The monoisotopic (exact) mass is 543 g/mol. The van der Waals surface area contributed by atoms with Gasteiger partial charge in [0.25, 0.3) is 12.3 Å². The van der Waals surface area contributed by atoms with Gasteiger partial charge >= 0.3 is 12.2 Å². The Labute approximate surface area is 211 Å². The third-order valence-electron chi connectivity index (χ3n) is 6.61. The molecule has 1 fully saturated rings. The quantitative estimate of drug-likeness (QED) is 0.476. The van der Waals surface area contributed by atoms with E-state index in [9.17, 15) is 31.5 Å². The number of aromatic nitrogens is 4. The van der Waals surface area contributed by atoms with Gasteiger partial charge in [-0.15, -0.1) is 0 Å². The van der Waals surface area contributed by atoms with E-state index in [1.54, 1.807) is 0 Å². The van der Waals surface area contributed by atoms with Crippen LogP contribution in [0.15, 0.2) is 24.5 Å². The number of carbonyl (C=O) groups excluding carboxylic acids is 2. The average molecular weight is 544 g/mol. The molecule has 0 spiro atoms. The Bertz CT molecular complexity index is 1420. The number of urea groups is 1. The summed E-state index contributed by atoms with van der Waals surface area (Å²) in [6.07, 6.45) is -4.24. The third kappa shape index (κ3) is 4.12. The van der Waals surface area contributed by atoms with Gasteiger partial charge in [-0.05, 0) is 25.8 Å². The van der Waals surface area contributed by atoms with Gasteiger partial charge in [0.2, 0.25) is 0 Å². The number of alkyl halides is 5. The minimum absolute atomic E-state index is 0.0397. The van der Waals surface area contributed by atoms with Crippen molar-refractivity contribution in [3.8, 4) is 0 Å². The zero-order chi connectivity index (χ0) is 26.9. The largest absolute Gasteiger partial charge is 0.401 e. The molecule has 1 atom stereocenters. The second kappa shape index (κ2) is 8.50. The number of fused-ring (bicyclic) bond motifs is 3. The molecule has 0 saturated heterocycles. The van der Waals surface area contributed by atoms with Crippen molar-refractivity contribution in [2.24, 2.45) is 0 Å². The number of hydrogen-bond donors (Lipinski definition) is 1. The standard InChI is InChI=1S/C22H19ClF5N7O2/c1-21(22(26,27)28)9-34(13-8-29-15-6-14(23)32-35(15)17(13)21)20(37)31-10-5-12(18(24)25)16(30-7-10)19(36)33(2)11-3-4-11/h5-8,11,18H,3-4,9H2,1-2H3,(H,31,37). The molecule has 1 aliphatic carbocycles. The fraction of sp³-hybridized carbons (Fsp3) is 0.409. The molecule has 3 amide bonds. The van der Waals surface area contributed by atoms with E-state index in [-0.39, 0.29) is 33.9 Å². The Morgan fingerprint density at radius 3 is 2.54 bits per heavy atom. The van der Waals surface area contributed by atoms with Crippen LogP contribution in [0.4, 0.5) is 38.1 Å². The number of halogens is 6. The number of carbonyl (C=O) groups is 2. The summed E-state index contributed by atoms with van der Waals surface area (Å²) >= 11 is 5.87. The number of nitrogens with one attached hydrogen (secondary N) is 1. The van der Waals surface area contributed by atoms with Crippen LogP contribution in [0.25, 0.3) is 5.65 Å². The second-order valence-corrected chi connectivity index (χ2v) is 9.57. The van der Waals surface area contributed by atoms with E-state index >= 15 is 0 Å². The molecule has 1 N–H and O–H groups in total. The number of hydrogen-bond acceptors (Lipinski definition) is 5. The Morgan fingerprint density at radius 2 is 1.92 bits per heavy atom. The average Bonchev–Trinajstić information content (AvgIpc) is 3.53. The van der Waals surface area contributed by atoms with E-state index in [4.69, 9.17) is 11.6 Å². The molecule has 5 rings (SSSR count). The van der Waals surface area contributed by atoms with Gasteiger partial charge in [-0.25, -0.2) is 28.1 Å². The summed E-state index contributed by atoms with van der Waals surface area (Å²) in [6, 6.07) is 1.09. The maximum Gasteiger partial charge on any atom is 0.401 e. The van der Waals surface area contributed by atoms with Gasteiger partial charge in [0.15, 0.2) is 10.8 Å². The second-order valence-electron chi connectivity index (χ2n) is 9.19. The lowest BCUT2D eigenvalue weighted by atomic mass is 9.88. The van der Waals surface area contributed by atoms with Crippen LogP contribution >= 0.6 is 11.6 Å². The van der Waals surface area contributed by atoms with E-state index < -0.39 is 47.8 Å². The van der Waals surface area contributed by atoms with Crippen molar-refractivity contribution in [1.29, 1.82) is 0 Å². The third-order valence-corrected chi connectivity index (χ3v) is 6.80. The summed E-state index contributed by atoms with van der Waals surface area (Å²) in [7, 11) is 1.49. The fourth-order valence-corrected chi connectivity index (χ4v) is 4.55. The number of amides is 3. The van der Waals surface area contributed by atoms with Crippen LogP contribution in [0.2, 0.25) is 5.15 Å². The lowest BCUT2D eigenvalue weighted by Gasteiger charge is -2.28. The molecule has 1 unspecified atom stereocenters. The Morgan fingerprint density at radius 1 is 1.22 bits per heavy atom. The summed E-state index contributed by atoms with van der Waals surface area (Å²) in [5.74, 6) is -0.682. The normalized spacial score (nSPS) is 19.4. The lowest BCUT2D eigenvalue weighted by Crippen LogP contribution is -2.46. The first-order chi connectivity index (χ1) is 17.3. The molecular formula is C22H19ClF5N7O2. The summed E-state index contributed by atoms with van der Waals surface area (Å²) in [6.45, 7) is 0.0925. The minimum Gasteiger partial charge on any atom is -0.337 e. The highest BCUT2D eigenvalue weighted by atomic mass is 35.5. The number of anilines is 2. The van der Waals surface area contributed by atoms with Crippen molar-refractivity contribution in [2.75, 3.05) is 23.8 Å². The van der Waals surface area contributed by atoms with Crippen LogP contribution in [-0.4, -0.2) is 62.2 Å². The van der Waals surface area contributed by atoms with E-state index in [1.165, 1.54) is 18.0 Å². The van der Waals surface area contributed by atoms with Crippen molar-refractivity contribution >= 4 is 40.6 Å². The highest BCUT2D eigenvalue weighted by molar-refractivity contribution is 6.29. The topological polar surface area (TPSA) is 95.7 Å². The van der Waals surface area contributed by atoms with Gasteiger partial charge < -0.3 is 10.2 Å². The summed E-state index contributed by atoms with van der Waals surface area (Å²) in [5, 5.41) is 6.12. The predicted octanol–water partition coefficient (Wildman–Crippen LogP) is 4.82. The van der Waals surface area contributed by atoms with Crippen LogP contribution in [-0.2, 0) is 5.41 Å². The molecule has 1 aliphatic heterocycles. The zero-order valence-electron chi connectivity index (χ0n) is 19.4. The van der Waals surface area contributed by atoms with Crippen LogP contribution in [0.1, 0.15) is 47.9 Å². The molecule has 3 aromatic rings. The van der Waals surface area contributed by atoms with Crippen LogP contribution in [0, 0.1) is 0 Å². The first-order valence-corrected chi connectivity index (χ1v) is 11.4. The highest BCUT2D eigenvalue weighted by Gasteiger charge is 2.60. The van der Waals surface area contributed by atoms with Gasteiger partial charge in [0.1, 0.15) is 11.1 Å². The first-order valence-electron chi connectivity index (χ1n) is 11.1. The molecular weight excluding hydrogens is 525 g/mol. The van der Waals surface area contributed by atoms with Crippen molar-refractivity contribution < 1.29 is 31.5 Å². The molecule has 0 bridgehead atoms. The van der Waals surface area contributed by atoms with Crippen molar-refractivity contribution in [2.45, 2.75) is 43.8 Å². The maximum atomic E-state index is 14.2. The number of pyridine rings is 1. The minimum atomic E-state index is -4.79. The molecule has 0 radical (unpaired) electrons. The SMILES string of the molecule is CN(C(=O)c1ncc(NC(=O)N2CC(C)(C(F)(F)F)c3c2cnc2cc(Cl)nn32)cc1C(F)F)C1CC1. The van der Waals surface area contributed by atoms with Gasteiger partial charge in [-0.2, -0.15) is 18.3 Å². The molecule has 196 valence electrons. The zero-order valence-corrected chi connectivity index (χ0v) is 20.1. The molecule has 4 heterocycles. The predicted molar refractivity (Wildman–Crippen MR) is 122 cm³/mol.